The van der Waals surface area contributed by atoms with Crippen LogP contribution in [0.2, 0.25) is 0 Å². The molecule has 2 saturated heterocycles. The van der Waals surface area contributed by atoms with Crippen LogP contribution in [-0.4, -0.2) is 48.8 Å². The van der Waals surface area contributed by atoms with E-state index in [-0.39, 0.29) is 12.1 Å². The quantitative estimate of drug-likeness (QED) is 0.813. The molecule has 0 bridgehead atoms. The number of hydrogen-bond donors (Lipinski definition) is 0. The van der Waals surface area contributed by atoms with Gasteiger partial charge in [-0.15, -0.1) is 0 Å². The standard InChI is InChI=1S/C22H27N3O2/c1-24-12-10-18(11-13-24)14-19-8-5-9-21(23-19)25-20(16-27-22(25)26)15-17-6-3-2-4-7-17/h2-9,18,20H,10-16H2,1H3/t20-/m1/s1. The van der Waals surface area contributed by atoms with E-state index in [9.17, 15) is 4.79 Å². The SMILES string of the molecule is CN1CCC(Cc2cccc(N3C(=O)OC[C@H]3Cc3ccccc3)n2)CC1. The molecular weight excluding hydrogens is 338 g/mol. The molecule has 2 aliphatic heterocycles. The average molecular weight is 365 g/mol. The molecule has 27 heavy (non-hydrogen) atoms. The van der Waals surface area contributed by atoms with E-state index in [2.05, 4.69) is 30.1 Å². The number of ether oxygens (including phenoxy) is 1. The number of aromatic nitrogens is 1. The second-order valence-corrected chi connectivity index (χ2v) is 7.73. The molecule has 0 unspecified atom stereocenters. The van der Waals surface area contributed by atoms with E-state index in [1.54, 1.807) is 4.90 Å². The molecule has 2 aromatic rings. The lowest BCUT2D eigenvalue weighted by molar-refractivity contribution is 0.178. The Kier molecular flexibility index (Phi) is 5.39. The van der Waals surface area contributed by atoms with Crippen LogP contribution in [-0.2, 0) is 17.6 Å². The minimum Gasteiger partial charge on any atom is -0.447 e. The van der Waals surface area contributed by atoms with Crippen LogP contribution in [0, 0.1) is 5.92 Å². The first kappa shape index (κ1) is 18.0. The molecular formula is C22H27N3O2. The number of carbonyl (C=O) groups is 1. The summed E-state index contributed by atoms with van der Waals surface area (Å²) in [6.45, 7) is 2.72. The number of piperidine rings is 1. The Morgan fingerprint density at radius 2 is 1.81 bits per heavy atom. The summed E-state index contributed by atoms with van der Waals surface area (Å²) in [6, 6.07) is 16.2. The van der Waals surface area contributed by atoms with Gasteiger partial charge in [-0.25, -0.2) is 9.78 Å². The van der Waals surface area contributed by atoms with Crippen molar-refractivity contribution in [2.24, 2.45) is 5.92 Å². The van der Waals surface area contributed by atoms with E-state index >= 15 is 0 Å². The highest BCUT2D eigenvalue weighted by Gasteiger charge is 2.35. The van der Waals surface area contributed by atoms with E-state index in [0.29, 0.717) is 18.3 Å². The summed E-state index contributed by atoms with van der Waals surface area (Å²) in [7, 11) is 2.18. The molecule has 2 aliphatic rings. The molecule has 2 fully saturated rings. The minimum atomic E-state index is -0.292. The summed E-state index contributed by atoms with van der Waals surface area (Å²) < 4.78 is 5.35. The predicted octanol–water partition coefficient (Wildman–Crippen LogP) is 3.53. The zero-order valence-corrected chi connectivity index (χ0v) is 15.9. The fourth-order valence-corrected chi connectivity index (χ4v) is 4.05. The van der Waals surface area contributed by atoms with E-state index < -0.39 is 0 Å². The summed E-state index contributed by atoms with van der Waals surface area (Å²) in [5, 5.41) is 0. The van der Waals surface area contributed by atoms with Crippen molar-refractivity contribution in [1.29, 1.82) is 0 Å². The van der Waals surface area contributed by atoms with Gasteiger partial charge in [0.1, 0.15) is 12.4 Å². The molecule has 0 N–H and O–H groups in total. The third-order valence-electron chi connectivity index (χ3n) is 5.65. The number of likely N-dealkylation sites (tertiary alicyclic amines) is 1. The van der Waals surface area contributed by atoms with Crippen molar-refractivity contribution in [2.75, 3.05) is 31.6 Å². The molecule has 4 rings (SSSR count). The first-order valence-electron chi connectivity index (χ1n) is 9.83. The maximum absolute atomic E-state index is 12.4. The smallest absolute Gasteiger partial charge is 0.415 e. The Hall–Kier alpha value is -2.40. The molecule has 5 nitrogen and oxygen atoms in total. The summed E-state index contributed by atoms with van der Waals surface area (Å²) in [6.07, 6.45) is 3.89. The average Bonchev–Trinajstić information content (AvgIpc) is 3.05. The highest BCUT2D eigenvalue weighted by Crippen LogP contribution is 2.26. The Morgan fingerprint density at radius 3 is 2.59 bits per heavy atom. The topological polar surface area (TPSA) is 45.7 Å². The number of cyclic esters (lactones) is 1. The second-order valence-electron chi connectivity index (χ2n) is 7.73. The zero-order chi connectivity index (χ0) is 18.6. The Morgan fingerprint density at radius 1 is 1.04 bits per heavy atom. The van der Waals surface area contributed by atoms with Gasteiger partial charge in [0.2, 0.25) is 0 Å². The van der Waals surface area contributed by atoms with Gasteiger partial charge in [0, 0.05) is 5.69 Å². The lowest BCUT2D eigenvalue weighted by Crippen LogP contribution is -2.36. The first-order chi connectivity index (χ1) is 13.2. The van der Waals surface area contributed by atoms with E-state index in [1.807, 2.05) is 30.3 Å². The molecule has 0 aliphatic carbocycles. The number of carbonyl (C=O) groups excluding carboxylic acids is 1. The highest BCUT2D eigenvalue weighted by molar-refractivity contribution is 5.89. The van der Waals surface area contributed by atoms with Crippen molar-refractivity contribution in [3.8, 4) is 0 Å². The summed E-state index contributed by atoms with van der Waals surface area (Å²) in [5.74, 6) is 1.39. The number of anilines is 1. The molecule has 3 heterocycles. The number of hydrogen-bond acceptors (Lipinski definition) is 4. The van der Waals surface area contributed by atoms with E-state index in [1.165, 1.54) is 18.4 Å². The van der Waals surface area contributed by atoms with Crippen molar-refractivity contribution in [3.63, 3.8) is 0 Å². The molecule has 1 aromatic carbocycles. The van der Waals surface area contributed by atoms with Gasteiger partial charge in [-0.05, 0) is 69.4 Å². The zero-order valence-electron chi connectivity index (χ0n) is 15.9. The van der Waals surface area contributed by atoms with Gasteiger partial charge in [-0.1, -0.05) is 36.4 Å². The number of rotatable bonds is 5. The maximum Gasteiger partial charge on any atom is 0.415 e. The lowest BCUT2D eigenvalue weighted by atomic mass is 9.92. The molecule has 1 amide bonds. The van der Waals surface area contributed by atoms with Crippen LogP contribution in [0.1, 0.15) is 24.1 Å². The first-order valence-corrected chi connectivity index (χ1v) is 9.83. The van der Waals surface area contributed by atoms with Crippen molar-refractivity contribution < 1.29 is 9.53 Å². The van der Waals surface area contributed by atoms with Crippen LogP contribution >= 0.6 is 0 Å². The van der Waals surface area contributed by atoms with Crippen LogP contribution in [0.25, 0.3) is 0 Å². The number of pyridine rings is 1. The van der Waals surface area contributed by atoms with Gasteiger partial charge in [0.05, 0.1) is 6.04 Å². The van der Waals surface area contributed by atoms with Crippen molar-refractivity contribution in [3.05, 3.63) is 59.8 Å². The molecule has 1 aromatic heterocycles. The number of amides is 1. The maximum atomic E-state index is 12.4. The lowest BCUT2D eigenvalue weighted by Gasteiger charge is -2.29. The minimum absolute atomic E-state index is 0.00835. The van der Waals surface area contributed by atoms with Gasteiger partial charge < -0.3 is 9.64 Å². The van der Waals surface area contributed by atoms with Gasteiger partial charge >= 0.3 is 6.09 Å². The summed E-state index contributed by atoms with van der Waals surface area (Å²) in [4.78, 5) is 21.3. The van der Waals surface area contributed by atoms with Crippen LogP contribution in [0.15, 0.2) is 48.5 Å². The fraction of sp³-hybridized carbons (Fsp3) is 0.455. The van der Waals surface area contributed by atoms with Crippen LogP contribution < -0.4 is 4.90 Å². The molecule has 0 spiro atoms. The molecule has 142 valence electrons. The third-order valence-corrected chi connectivity index (χ3v) is 5.65. The molecule has 1 atom stereocenters. The molecule has 5 heteroatoms. The van der Waals surface area contributed by atoms with Gasteiger partial charge in [-0.2, -0.15) is 0 Å². The summed E-state index contributed by atoms with van der Waals surface area (Å²) in [5.41, 5.74) is 2.27. The van der Waals surface area contributed by atoms with Crippen LogP contribution in [0.3, 0.4) is 0 Å². The van der Waals surface area contributed by atoms with Crippen molar-refractivity contribution in [2.45, 2.75) is 31.7 Å². The van der Waals surface area contributed by atoms with Gasteiger partial charge in [-0.3, -0.25) is 4.90 Å². The molecule has 0 saturated carbocycles. The van der Waals surface area contributed by atoms with Crippen LogP contribution in [0.4, 0.5) is 10.6 Å². The number of benzene rings is 1. The fourth-order valence-electron chi connectivity index (χ4n) is 4.05. The third kappa shape index (κ3) is 4.30. The van der Waals surface area contributed by atoms with Crippen LogP contribution in [0.5, 0.6) is 0 Å². The summed E-state index contributed by atoms with van der Waals surface area (Å²) >= 11 is 0. The van der Waals surface area contributed by atoms with Gasteiger partial charge in [0.15, 0.2) is 0 Å². The normalized spacial score (nSPS) is 21.4. The number of nitrogens with zero attached hydrogens (tertiary/aromatic N) is 3. The predicted molar refractivity (Wildman–Crippen MR) is 106 cm³/mol. The second kappa shape index (κ2) is 8.09. The molecule has 0 radical (unpaired) electrons. The van der Waals surface area contributed by atoms with E-state index in [0.717, 1.165) is 31.6 Å². The van der Waals surface area contributed by atoms with E-state index in [4.69, 9.17) is 9.72 Å². The highest BCUT2D eigenvalue weighted by atomic mass is 16.6. The Labute approximate surface area is 161 Å². The van der Waals surface area contributed by atoms with Crippen molar-refractivity contribution >= 4 is 11.9 Å². The monoisotopic (exact) mass is 365 g/mol. The Bertz CT molecular complexity index is 772. The van der Waals surface area contributed by atoms with Gasteiger partial charge in [0.25, 0.3) is 0 Å². The van der Waals surface area contributed by atoms with Crippen molar-refractivity contribution in [1.82, 2.24) is 9.88 Å². The Balaban J connectivity index is 1.48. The largest absolute Gasteiger partial charge is 0.447 e.